The van der Waals surface area contributed by atoms with E-state index in [-0.39, 0.29) is 36.2 Å². The Kier molecular flexibility index (Phi) is 5.56. The van der Waals surface area contributed by atoms with E-state index in [9.17, 15) is 9.90 Å². The third-order valence-corrected chi connectivity index (χ3v) is 6.79. The quantitative estimate of drug-likeness (QED) is 0.515. The Bertz CT molecular complexity index is 1230. The first-order chi connectivity index (χ1) is 16.4. The Morgan fingerprint density at radius 3 is 2.68 bits per heavy atom. The summed E-state index contributed by atoms with van der Waals surface area (Å²) >= 11 is 5.89. The van der Waals surface area contributed by atoms with Crippen molar-refractivity contribution in [3.05, 3.63) is 53.1 Å². The monoisotopic (exact) mass is 484 g/mol. The van der Waals surface area contributed by atoms with Crippen LogP contribution >= 0.6 is 11.6 Å². The number of carbonyl (C=O) groups is 1. The Hall–Kier alpha value is -3.39. The van der Waals surface area contributed by atoms with Crippen LogP contribution in [0, 0.1) is 0 Å². The summed E-state index contributed by atoms with van der Waals surface area (Å²) in [5, 5.41) is 17.3. The van der Waals surface area contributed by atoms with Crippen LogP contribution in [0.4, 0.5) is 0 Å². The van der Waals surface area contributed by atoms with Crippen molar-refractivity contribution in [2.24, 2.45) is 5.10 Å². The van der Waals surface area contributed by atoms with Gasteiger partial charge in [-0.3, -0.25) is 4.79 Å². The number of rotatable bonds is 5. The van der Waals surface area contributed by atoms with Gasteiger partial charge in [-0.1, -0.05) is 6.58 Å². The van der Waals surface area contributed by atoms with E-state index in [4.69, 9.17) is 30.5 Å². The number of hydrogen-bond acceptors (Lipinski definition) is 7. The van der Waals surface area contributed by atoms with Crippen LogP contribution in [-0.2, 0) is 11.2 Å². The van der Waals surface area contributed by atoms with E-state index in [2.05, 4.69) is 11.7 Å². The molecular formula is C25H25ClN2O6. The van der Waals surface area contributed by atoms with E-state index >= 15 is 0 Å². The number of benzene rings is 2. The van der Waals surface area contributed by atoms with Crippen LogP contribution < -0.4 is 18.9 Å². The lowest BCUT2D eigenvalue weighted by Gasteiger charge is -2.33. The molecule has 0 bridgehead atoms. The lowest BCUT2D eigenvalue weighted by molar-refractivity contribution is -0.131. The second-order valence-corrected chi connectivity index (χ2v) is 8.82. The zero-order chi connectivity index (χ0) is 24.1. The van der Waals surface area contributed by atoms with Crippen molar-refractivity contribution >= 4 is 23.2 Å². The second kappa shape index (κ2) is 8.43. The van der Waals surface area contributed by atoms with Crippen LogP contribution in [0.25, 0.3) is 0 Å². The zero-order valence-corrected chi connectivity index (χ0v) is 19.9. The first-order valence-electron chi connectivity index (χ1n) is 10.9. The van der Waals surface area contributed by atoms with Gasteiger partial charge in [-0.05, 0) is 30.7 Å². The van der Waals surface area contributed by atoms with Crippen LogP contribution in [0.15, 0.2) is 41.5 Å². The molecule has 1 N–H and O–H groups in total. The number of phenolic OH excluding ortho intramolecular Hbond substituents is 1. The van der Waals surface area contributed by atoms with Crippen LogP contribution in [0.3, 0.4) is 0 Å². The van der Waals surface area contributed by atoms with Crippen LogP contribution in [-0.4, -0.2) is 60.6 Å². The van der Waals surface area contributed by atoms with Gasteiger partial charge in [0.15, 0.2) is 11.5 Å². The summed E-state index contributed by atoms with van der Waals surface area (Å²) in [6.45, 7) is 6.09. The molecule has 2 unspecified atom stereocenters. The summed E-state index contributed by atoms with van der Waals surface area (Å²) in [4.78, 5) is 12.7. The highest BCUT2D eigenvalue weighted by atomic mass is 35.5. The molecule has 3 heterocycles. The minimum atomic E-state index is -0.418. The molecule has 178 valence electrons. The molecule has 3 aliphatic rings. The van der Waals surface area contributed by atoms with Crippen molar-refractivity contribution in [2.75, 3.05) is 26.7 Å². The van der Waals surface area contributed by atoms with Crippen molar-refractivity contribution in [3.8, 4) is 28.7 Å². The molecule has 0 radical (unpaired) electrons. The third-order valence-electron chi connectivity index (χ3n) is 6.56. The number of aromatic hydroxyl groups is 1. The van der Waals surface area contributed by atoms with E-state index in [1.807, 2.05) is 19.1 Å². The highest BCUT2D eigenvalue weighted by Gasteiger charge is 2.47. The largest absolute Gasteiger partial charge is 0.507 e. The van der Waals surface area contributed by atoms with E-state index in [1.54, 1.807) is 26.4 Å². The Labute approximate surface area is 202 Å². The average molecular weight is 485 g/mol. The molecule has 34 heavy (non-hydrogen) atoms. The summed E-state index contributed by atoms with van der Waals surface area (Å²) in [6.07, 6.45) is 0.324. The van der Waals surface area contributed by atoms with E-state index in [0.717, 1.165) is 11.1 Å². The molecule has 0 spiro atoms. The number of nitrogens with zero attached hydrogens (tertiary/aromatic N) is 2. The number of fused-ring (bicyclic) bond motifs is 4. The zero-order valence-electron chi connectivity index (χ0n) is 19.1. The number of hydrogen-bond donors (Lipinski definition) is 1. The van der Waals surface area contributed by atoms with Gasteiger partial charge in [0.1, 0.15) is 41.9 Å². The summed E-state index contributed by atoms with van der Waals surface area (Å²) in [5.41, 5.74) is 3.46. The molecule has 2 aromatic carbocycles. The summed E-state index contributed by atoms with van der Waals surface area (Å²) in [5.74, 6) is 1.46. The van der Waals surface area contributed by atoms with Crippen LogP contribution in [0.1, 0.15) is 29.5 Å². The average Bonchev–Trinajstić information content (AvgIpc) is 3.46. The standard InChI is InChI=1S/C25H25ClN2O6/c1-12(2)18-8-15-17(34-18)6-5-13(25(15)30)24-23-14-7-20(31-3)21(32-4)9-19(14)33-11-16(23)28(27-24)22(29)10-26/h5-7,9,16,18,23,30H,1,8,10-11H2,2-4H3/t16?,18-,23?/m1/s1. The fourth-order valence-corrected chi connectivity index (χ4v) is 4.95. The number of alkyl halides is 1. The maximum atomic E-state index is 12.7. The number of hydrazone groups is 1. The van der Waals surface area contributed by atoms with Crippen molar-refractivity contribution in [1.82, 2.24) is 5.01 Å². The first-order valence-corrected chi connectivity index (χ1v) is 11.4. The van der Waals surface area contributed by atoms with Gasteiger partial charge in [0.2, 0.25) is 0 Å². The SMILES string of the molecule is C=C(C)[C@H]1Cc2c(ccc(C3=NN(C(=O)CCl)C4COc5cc(OC)c(OC)cc5C34)c2O)O1. The van der Waals surface area contributed by atoms with Gasteiger partial charge >= 0.3 is 0 Å². The maximum absolute atomic E-state index is 12.7. The highest BCUT2D eigenvalue weighted by molar-refractivity contribution is 6.27. The molecule has 3 atom stereocenters. The lowest BCUT2D eigenvalue weighted by Crippen LogP contribution is -2.43. The predicted octanol–water partition coefficient (Wildman–Crippen LogP) is 3.62. The lowest BCUT2D eigenvalue weighted by atomic mass is 9.82. The normalized spacial score (nSPS) is 22.1. The molecular weight excluding hydrogens is 460 g/mol. The van der Waals surface area contributed by atoms with Crippen molar-refractivity contribution in [3.63, 3.8) is 0 Å². The number of methoxy groups -OCH3 is 2. The molecule has 9 heteroatoms. The van der Waals surface area contributed by atoms with Gasteiger partial charge in [-0.15, -0.1) is 11.6 Å². The fourth-order valence-electron chi connectivity index (χ4n) is 4.83. The maximum Gasteiger partial charge on any atom is 0.257 e. The number of ether oxygens (including phenoxy) is 4. The van der Waals surface area contributed by atoms with Gasteiger partial charge in [0.25, 0.3) is 5.91 Å². The van der Waals surface area contributed by atoms with Crippen molar-refractivity contribution in [1.29, 1.82) is 0 Å². The Morgan fingerprint density at radius 1 is 1.26 bits per heavy atom. The van der Waals surface area contributed by atoms with E-state index in [0.29, 0.717) is 46.3 Å². The molecule has 0 saturated heterocycles. The third kappa shape index (κ3) is 3.36. The summed E-state index contributed by atoms with van der Waals surface area (Å²) in [6, 6.07) is 6.78. The summed E-state index contributed by atoms with van der Waals surface area (Å²) < 4.78 is 22.9. The van der Waals surface area contributed by atoms with Gasteiger partial charge in [-0.2, -0.15) is 5.10 Å². The molecule has 3 aliphatic heterocycles. The van der Waals surface area contributed by atoms with Crippen molar-refractivity contribution < 1.29 is 28.8 Å². The number of phenols is 1. The summed E-state index contributed by atoms with van der Waals surface area (Å²) in [7, 11) is 3.12. The Balaban J connectivity index is 1.64. The van der Waals surface area contributed by atoms with Gasteiger partial charge in [0, 0.05) is 29.2 Å². The van der Waals surface area contributed by atoms with Crippen LogP contribution in [0.2, 0.25) is 0 Å². The highest BCUT2D eigenvalue weighted by Crippen LogP contribution is 2.49. The molecule has 5 rings (SSSR count). The van der Waals surface area contributed by atoms with E-state index in [1.165, 1.54) is 5.01 Å². The molecule has 0 aliphatic carbocycles. The number of amides is 1. The van der Waals surface area contributed by atoms with Crippen LogP contribution in [0.5, 0.6) is 28.7 Å². The molecule has 2 aromatic rings. The topological polar surface area (TPSA) is 89.8 Å². The molecule has 8 nitrogen and oxygen atoms in total. The molecule has 0 aromatic heterocycles. The molecule has 0 saturated carbocycles. The fraction of sp³-hybridized carbons (Fsp3) is 0.360. The Morgan fingerprint density at radius 2 is 2.00 bits per heavy atom. The van der Waals surface area contributed by atoms with Gasteiger partial charge in [-0.25, -0.2) is 5.01 Å². The predicted molar refractivity (Wildman–Crippen MR) is 127 cm³/mol. The minimum Gasteiger partial charge on any atom is -0.507 e. The molecule has 0 fully saturated rings. The number of carbonyl (C=O) groups excluding carboxylic acids is 1. The minimum absolute atomic E-state index is 0.0902. The molecule has 1 amide bonds. The van der Waals surface area contributed by atoms with Crippen molar-refractivity contribution in [2.45, 2.75) is 31.4 Å². The first kappa shape index (κ1) is 22.4. The smallest absolute Gasteiger partial charge is 0.257 e. The second-order valence-electron chi connectivity index (χ2n) is 8.55. The number of halogens is 1. The van der Waals surface area contributed by atoms with Gasteiger partial charge in [0.05, 0.1) is 25.8 Å². The van der Waals surface area contributed by atoms with E-state index < -0.39 is 6.04 Å². The van der Waals surface area contributed by atoms with Gasteiger partial charge < -0.3 is 24.1 Å².